The second-order valence-corrected chi connectivity index (χ2v) is 4.31. The third kappa shape index (κ3) is 4.50. The van der Waals surface area contributed by atoms with E-state index < -0.39 is 23.4 Å². The second kappa shape index (κ2) is 6.42. The predicted octanol–water partition coefficient (Wildman–Crippen LogP) is 2.53. The molecule has 2 aromatic rings. The quantitative estimate of drug-likeness (QED) is 0.904. The molecular formula is C14H11F3N2O4. The standard InChI is InChI=1S/C14H11F3N2O4/c1-22-12-7-18-10(6-11(12)20)13(21)19-8-3-2-4-9(5-8)23-14(15,16)17/h2-7H,1H3,(H,18,20)(H,19,21). The molecule has 0 aliphatic carbocycles. The first-order chi connectivity index (χ1) is 10.8. The number of alkyl halides is 3. The molecule has 0 unspecified atom stereocenters. The maximum atomic E-state index is 12.2. The number of aromatic amines is 1. The zero-order valence-corrected chi connectivity index (χ0v) is 11.7. The molecule has 1 aromatic heterocycles. The highest BCUT2D eigenvalue weighted by Gasteiger charge is 2.31. The van der Waals surface area contributed by atoms with E-state index in [0.29, 0.717) is 0 Å². The van der Waals surface area contributed by atoms with Crippen LogP contribution in [0.3, 0.4) is 0 Å². The Labute approximate surface area is 127 Å². The average molecular weight is 328 g/mol. The number of pyridine rings is 1. The van der Waals surface area contributed by atoms with Crippen molar-refractivity contribution in [3.05, 3.63) is 52.4 Å². The summed E-state index contributed by atoms with van der Waals surface area (Å²) in [6, 6.07) is 5.78. The van der Waals surface area contributed by atoms with Gasteiger partial charge in [0.25, 0.3) is 5.91 Å². The summed E-state index contributed by atoms with van der Waals surface area (Å²) in [5.74, 6) is -1.14. The van der Waals surface area contributed by atoms with Crippen LogP contribution < -0.4 is 20.2 Å². The summed E-state index contributed by atoms with van der Waals surface area (Å²) in [6.07, 6.45) is -3.62. The number of amides is 1. The molecule has 0 bridgehead atoms. The fraction of sp³-hybridized carbons (Fsp3) is 0.143. The van der Waals surface area contributed by atoms with Gasteiger partial charge in [0.15, 0.2) is 5.75 Å². The third-order valence-electron chi connectivity index (χ3n) is 2.67. The number of H-pyrrole nitrogens is 1. The summed E-state index contributed by atoms with van der Waals surface area (Å²) in [7, 11) is 1.30. The first-order valence-electron chi connectivity index (χ1n) is 6.22. The van der Waals surface area contributed by atoms with Crippen LogP contribution in [0, 0.1) is 0 Å². The van der Waals surface area contributed by atoms with Crippen molar-refractivity contribution in [2.75, 3.05) is 12.4 Å². The summed E-state index contributed by atoms with van der Waals surface area (Å²) in [4.78, 5) is 26.1. The van der Waals surface area contributed by atoms with Gasteiger partial charge >= 0.3 is 6.36 Å². The molecule has 6 nitrogen and oxygen atoms in total. The SMILES string of the molecule is COc1c[nH]c(C(=O)Nc2cccc(OC(F)(F)F)c2)cc1=O. The van der Waals surface area contributed by atoms with Crippen molar-refractivity contribution in [2.45, 2.75) is 6.36 Å². The van der Waals surface area contributed by atoms with E-state index >= 15 is 0 Å². The smallest absolute Gasteiger partial charge is 0.491 e. The number of hydrogen-bond donors (Lipinski definition) is 2. The van der Waals surface area contributed by atoms with E-state index in [1.165, 1.54) is 25.4 Å². The number of benzene rings is 1. The van der Waals surface area contributed by atoms with Gasteiger partial charge in [-0.1, -0.05) is 6.07 Å². The van der Waals surface area contributed by atoms with Gasteiger partial charge in [0.2, 0.25) is 5.43 Å². The van der Waals surface area contributed by atoms with Crippen LogP contribution in [0.25, 0.3) is 0 Å². The van der Waals surface area contributed by atoms with Crippen LogP contribution in [0.1, 0.15) is 10.5 Å². The van der Waals surface area contributed by atoms with E-state index in [1.807, 2.05) is 0 Å². The van der Waals surface area contributed by atoms with E-state index in [-0.39, 0.29) is 17.1 Å². The lowest BCUT2D eigenvalue weighted by Crippen LogP contribution is -2.18. The van der Waals surface area contributed by atoms with Crippen LogP contribution in [0.4, 0.5) is 18.9 Å². The van der Waals surface area contributed by atoms with Gasteiger partial charge < -0.3 is 19.8 Å². The van der Waals surface area contributed by atoms with Crippen molar-refractivity contribution < 1.29 is 27.4 Å². The van der Waals surface area contributed by atoms with Gasteiger partial charge in [-0.25, -0.2) is 0 Å². The van der Waals surface area contributed by atoms with Gasteiger partial charge in [0.1, 0.15) is 11.4 Å². The normalized spacial score (nSPS) is 11.0. The highest BCUT2D eigenvalue weighted by molar-refractivity contribution is 6.02. The minimum atomic E-state index is -4.83. The molecule has 9 heteroatoms. The van der Waals surface area contributed by atoms with Crippen molar-refractivity contribution in [3.63, 3.8) is 0 Å². The van der Waals surface area contributed by atoms with Crippen LogP contribution in [-0.2, 0) is 0 Å². The van der Waals surface area contributed by atoms with Crippen molar-refractivity contribution in [1.82, 2.24) is 4.98 Å². The fourth-order valence-corrected chi connectivity index (χ4v) is 1.72. The molecule has 0 fully saturated rings. The van der Waals surface area contributed by atoms with Crippen molar-refractivity contribution in [1.29, 1.82) is 0 Å². The molecule has 1 heterocycles. The fourth-order valence-electron chi connectivity index (χ4n) is 1.72. The van der Waals surface area contributed by atoms with Crippen LogP contribution in [-0.4, -0.2) is 24.4 Å². The Balaban J connectivity index is 2.15. The zero-order valence-electron chi connectivity index (χ0n) is 11.7. The number of aromatic nitrogens is 1. The molecule has 0 radical (unpaired) electrons. The van der Waals surface area contributed by atoms with Gasteiger partial charge in [-0.3, -0.25) is 9.59 Å². The molecule has 2 rings (SSSR count). The van der Waals surface area contributed by atoms with Crippen molar-refractivity contribution >= 4 is 11.6 Å². The molecule has 1 aromatic carbocycles. The number of rotatable bonds is 4. The number of ether oxygens (including phenoxy) is 2. The Hall–Kier alpha value is -2.97. The first kappa shape index (κ1) is 16.4. The van der Waals surface area contributed by atoms with Crippen LogP contribution >= 0.6 is 0 Å². The Morgan fingerprint density at radius 2 is 2.00 bits per heavy atom. The molecule has 23 heavy (non-hydrogen) atoms. The van der Waals surface area contributed by atoms with Gasteiger partial charge in [0, 0.05) is 24.0 Å². The molecule has 0 spiro atoms. The molecule has 122 valence electrons. The van der Waals surface area contributed by atoms with E-state index in [0.717, 1.165) is 18.2 Å². The average Bonchev–Trinajstić information content (AvgIpc) is 2.45. The number of halogens is 3. The molecule has 0 atom stereocenters. The summed E-state index contributed by atoms with van der Waals surface area (Å²) in [5, 5.41) is 2.35. The second-order valence-electron chi connectivity index (χ2n) is 4.31. The Morgan fingerprint density at radius 3 is 2.61 bits per heavy atom. The minimum Gasteiger partial charge on any atom is -0.491 e. The lowest BCUT2D eigenvalue weighted by molar-refractivity contribution is -0.274. The Bertz CT molecular complexity index is 771. The molecule has 0 aliphatic rings. The van der Waals surface area contributed by atoms with Gasteiger partial charge in [-0.15, -0.1) is 13.2 Å². The number of carbonyl (C=O) groups excluding carboxylic acids is 1. The predicted molar refractivity (Wildman–Crippen MR) is 74.7 cm³/mol. The molecule has 0 saturated heterocycles. The summed E-state index contributed by atoms with van der Waals surface area (Å²) in [5.41, 5.74) is -0.503. The Morgan fingerprint density at radius 1 is 1.26 bits per heavy atom. The molecule has 0 aliphatic heterocycles. The van der Waals surface area contributed by atoms with Gasteiger partial charge in [-0.05, 0) is 12.1 Å². The summed E-state index contributed by atoms with van der Waals surface area (Å²) < 4.78 is 45.0. The maximum absolute atomic E-state index is 12.2. The van der Waals surface area contributed by atoms with Crippen molar-refractivity contribution in [3.8, 4) is 11.5 Å². The summed E-state index contributed by atoms with van der Waals surface area (Å²) >= 11 is 0. The number of anilines is 1. The van der Waals surface area contributed by atoms with Gasteiger partial charge in [-0.2, -0.15) is 0 Å². The first-order valence-corrected chi connectivity index (χ1v) is 6.22. The van der Waals surface area contributed by atoms with E-state index in [4.69, 9.17) is 4.74 Å². The largest absolute Gasteiger partial charge is 0.573 e. The monoisotopic (exact) mass is 328 g/mol. The molecule has 0 saturated carbocycles. The number of methoxy groups -OCH3 is 1. The highest BCUT2D eigenvalue weighted by atomic mass is 19.4. The molecule has 2 N–H and O–H groups in total. The van der Waals surface area contributed by atoms with Crippen LogP contribution in [0.15, 0.2) is 41.3 Å². The molecular weight excluding hydrogens is 317 g/mol. The number of hydrogen-bond acceptors (Lipinski definition) is 4. The van der Waals surface area contributed by atoms with Crippen LogP contribution in [0.2, 0.25) is 0 Å². The minimum absolute atomic E-state index is 0.0297. The number of nitrogens with one attached hydrogen (secondary N) is 2. The topological polar surface area (TPSA) is 80.4 Å². The maximum Gasteiger partial charge on any atom is 0.573 e. The van der Waals surface area contributed by atoms with E-state index in [2.05, 4.69) is 15.0 Å². The van der Waals surface area contributed by atoms with Crippen LogP contribution in [0.5, 0.6) is 11.5 Å². The van der Waals surface area contributed by atoms with Crippen molar-refractivity contribution in [2.24, 2.45) is 0 Å². The Kier molecular flexibility index (Phi) is 4.58. The lowest BCUT2D eigenvalue weighted by Gasteiger charge is -2.10. The van der Waals surface area contributed by atoms with E-state index in [9.17, 15) is 22.8 Å². The summed E-state index contributed by atoms with van der Waals surface area (Å²) in [6.45, 7) is 0. The third-order valence-corrected chi connectivity index (χ3v) is 2.67. The number of carbonyl (C=O) groups is 1. The van der Waals surface area contributed by atoms with E-state index in [1.54, 1.807) is 0 Å². The highest BCUT2D eigenvalue weighted by Crippen LogP contribution is 2.25. The lowest BCUT2D eigenvalue weighted by atomic mass is 10.2. The zero-order chi connectivity index (χ0) is 17.0. The molecule has 1 amide bonds. The van der Waals surface area contributed by atoms with Gasteiger partial charge in [0.05, 0.1) is 7.11 Å².